The Morgan fingerprint density at radius 1 is 1.09 bits per heavy atom. The normalized spacial score (nSPS) is 17.8. The number of methoxy groups -OCH3 is 1. The van der Waals surface area contributed by atoms with Gasteiger partial charge in [-0.3, -0.25) is 0 Å². The van der Waals surface area contributed by atoms with Crippen molar-refractivity contribution in [2.75, 3.05) is 50.5 Å². The van der Waals surface area contributed by atoms with Gasteiger partial charge in [-0.2, -0.15) is 0 Å². The third-order valence-corrected chi connectivity index (χ3v) is 7.23. The van der Waals surface area contributed by atoms with Crippen molar-refractivity contribution >= 4 is 17.5 Å². The Morgan fingerprint density at radius 3 is 2.49 bits per heavy atom. The van der Waals surface area contributed by atoms with Gasteiger partial charge in [0, 0.05) is 44.4 Å². The van der Waals surface area contributed by atoms with Crippen LogP contribution in [0, 0.1) is 11.7 Å². The van der Waals surface area contributed by atoms with E-state index < -0.39 is 0 Å². The Bertz CT molecular complexity index is 958. The maximum Gasteiger partial charge on any atom is 0.407 e. The minimum absolute atomic E-state index is 0.171. The second kappa shape index (κ2) is 12.1. The van der Waals surface area contributed by atoms with E-state index in [9.17, 15) is 9.18 Å². The number of likely N-dealkylation sites (tertiary alicyclic amines) is 1. The third kappa shape index (κ3) is 7.01. The van der Waals surface area contributed by atoms with Crippen LogP contribution < -0.4 is 20.7 Å². The highest BCUT2D eigenvalue weighted by molar-refractivity contribution is 5.67. The maximum atomic E-state index is 14.5. The molecule has 4 rings (SSSR count). The highest BCUT2D eigenvalue weighted by Gasteiger charge is 2.25. The van der Waals surface area contributed by atoms with Crippen molar-refractivity contribution in [1.82, 2.24) is 10.2 Å². The lowest BCUT2D eigenvalue weighted by atomic mass is 9.92. The highest BCUT2D eigenvalue weighted by Crippen LogP contribution is 2.33. The first kappa shape index (κ1) is 25.1. The zero-order valence-electron chi connectivity index (χ0n) is 20.5. The van der Waals surface area contributed by atoms with Gasteiger partial charge < -0.3 is 30.3 Å². The van der Waals surface area contributed by atoms with Crippen molar-refractivity contribution in [3.05, 3.63) is 53.8 Å². The summed E-state index contributed by atoms with van der Waals surface area (Å²) >= 11 is 0. The van der Waals surface area contributed by atoms with Crippen LogP contribution in [0.25, 0.3) is 0 Å². The number of ether oxygens (including phenoxy) is 2. The molecule has 3 N–H and O–H groups in total. The molecule has 1 amide bonds. The molecule has 0 aromatic heterocycles. The first-order valence-corrected chi connectivity index (χ1v) is 12.6. The van der Waals surface area contributed by atoms with Crippen LogP contribution >= 0.6 is 0 Å². The summed E-state index contributed by atoms with van der Waals surface area (Å²) in [5.74, 6) is 0.877. The SMILES string of the molecule is COc1cc(N2CCC(CCN3CCC(NC(=O)OCc4ccccc4)CC3)CC2)c(F)cc1N. The molecule has 0 unspecified atom stereocenters. The average molecular weight is 485 g/mol. The molecule has 2 aromatic rings. The zero-order chi connectivity index (χ0) is 24.6. The summed E-state index contributed by atoms with van der Waals surface area (Å²) in [5.41, 5.74) is 7.70. The molecule has 35 heavy (non-hydrogen) atoms. The lowest BCUT2D eigenvalue weighted by Gasteiger charge is -2.36. The number of nitrogens with zero attached hydrogens (tertiary/aromatic N) is 2. The molecule has 2 saturated heterocycles. The van der Waals surface area contributed by atoms with Crippen LogP contribution in [0.4, 0.5) is 20.6 Å². The number of nitrogen functional groups attached to an aromatic ring is 1. The van der Waals surface area contributed by atoms with Crippen LogP contribution in [0.5, 0.6) is 5.75 Å². The number of halogens is 1. The quantitative estimate of drug-likeness (QED) is 0.540. The van der Waals surface area contributed by atoms with E-state index in [1.807, 2.05) is 30.3 Å². The van der Waals surface area contributed by atoms with Crippen molar-refractivity contribution in [3.63, 3.8) is 0 Å². The van der Waals surface area contributed by atoms with E-state index in [1.165, 1.54) is 6.07 Å². The molecule has 0 radical (unpaired) electrons. The van der Waals surface area contributed by atoms with Gasteiger partial charge in [0.2, 0.25) is 0 Å². The van der Waals surface area contributed by atoms with Gasteiger partial charge in [-0.1, -0.05) is 30.3 Å². The van der Waals surface area contributed by atoms with Gasteiger partial charge in [-0.05, 0) is 50.1 Å². The Labute approximate surface area is 207 Å². The van der Waals surface area contributed by atoms with E-state index in [2.05, 4.69) is 15.1 Å². The number of alkyl carbamates (subject to hydrolysis) is 1. The zero-order valence-corrected chi connectivity index (χ0v) is 20.5. The van der Waals surface area contributed by atoms with Gasteiger partial charge in [0.05, 0.1) is 18.5 Å². The van der Waals surface area contributed by atoms with Gasteiger partial charge in [0.15, 0.2) is 0 Å². The number of hydrogen-bond donors (Lipinski definition) is 2. The van der Waals surface area contributed by atoms with Crippen molar-refractivity contribution < 1.29 is 18.7 Å². The van der Waals surface area contributed by atoms with E-state index in [-0.39, 0.29) is 18.0 Å². The molecule has 2 aliphatic heterocycles. The minimum atomic E-state index is -0.339. The number of hydrogen-bond acceptors (Lipinski definition) is 6. The number of carbonyl (C=O) groups is 1. The maximum absolute atomic E-state index is 14.5. The van der Waals surface area contributed by atoms with Crippen LogP contribution in [0.2, 0.25) is 0 Å². The van der Waals surface area contributed by atoms with Gasteiger partial charge in [0.25, 0.3) is 0 Å². The Balaban J connectivity index is 1.12. The second-order valence-corrected chi connectivity index (χ2v) is 9.59. The number of nitrogens with two attached hydrogens (primary N) is 1. The van der Waals surface area contributed by atoms with Crippen LogP contribution in [-0.2, 0) is 11.3 Å². The van der Waals surface area contributed by atoms with Crippen LogP contribution in [0.1, 0.15) is 37.7 Å². The predicted octanol–water partition coefficient (Wildman–Crippen LogP) is 4.41. The summed E-state index contributed by atoms with van der Waals surface area (Å²) in [6.07, 6.45) is 4.80. The van der Waals surface area contributed by atoms with E-state index in [0.717, 1.165) is 70.4 Å². The van der Waals surface area contributed by atoms with E-state index >= 15 is 0 Å². The molecule has 7 nitrogen and oxygen atoms in total. The van der Waals surface area contributed by atoms with Crippen molar-refractivity contribution in [1.29, 1.82) is 0 Å². The number of benzene rings is 2. The number of nitrogens with one attached hydrogen (secondary N) is 1. The molecule has 2 aromatic carbocycles. The van der Waals surface area contributed by atoms with E-state index in [4.69, 9.17) is 15.2 Å². The molecular weight excluding hydrogens is 447 g/mol. The number of piperidine rings is 2. The number of amides is 1. The summed E-state index contributed by atoms with van der Waals surface area (Å²) in [4.78, 5) is 16.7. The fourth-order valence-corrected chi connectivity index (χ4v) is 5.04. The molecule has 0 bridgehead atoms. The summed E-state index contributed by atoms with van der Waals surface area (Å²) in [6, 6.07) is 12.9. The number of carbonyl (C=O) groups excluding carboxylic acids is 1. The number of rotatable bonds is 8. The standard InChI is InChI=1S/C27H37FN4O3/c1-34-26-18-25(23(28)17-24(26)29)32-15-8-20(9-16-32)7-12-31-13-10-22(11-14-31)30-27(33)35-19-21-5-3-2-4-6-21/h2-6,17-18,20,22H,7-16,19,29H2,1H3,(H,30,33). The molecule has 2 heterocycles. The first-order valence-electron chi connectivity index (χ1n) is 12.6. The lowest BCUT2D eigenvalue weighted by Crippen LogP contribution is -2.45. The summed E-state index contributed by atoms with van der Waals surface area (Å²) in [7, 11) is 1.55. The molecule has 0 aliphatic carbocycles. The first-order chi connectivity index (χ1) is 17.0. The van der Waals surface area contributed by atoms with Crippen LogP contribution in [-0.4, -0.2) is 56.9 Å². The monoisotopic (exact) mass is 484 g/mol. The molecule has 8 heteroatoms. The van der Waals surface area contributed by atoms with Gasteiger partial charge in [-0.15, -0.1) is 0 Å². The van der Waals surface area contributed by atoms with Crippen LogP contribution in [0.15, 0.2) is 42.5 Å². The molecule has 0 atom stereocenters. The second-order valence-electron chi connectivity index (χ2n) is 9.59. The number of anilines is 2. The summed E-state index contributed by atoms with van der Waals surface area (Å²) < 4.78 is 25.1. The Hall–Kier alpha value is -3.00. The fourth-order valence-electron chi connectivity index (χ4n) is 5.04. The predicted molar refractivity (Wildman–Crippen MR) is 136 cm³/mol. The summed E-state index contributed by atoms with van der Waals surface area (Å²) in [6.45, 7) is 5.01. The lowest BCUT2D eigenvalue weighted by molar-refractivity contribution is 0.125. The highest BCUT2D eigenvalue weighted by atomic mass is 19.1. The Kier molecular flexibility index (Phi) is 8.69. The van der Waals surface area contributed by atoms with Crippen molar-refractivity contribution in [3.8, 4) is 5.75 Å². The molecule has 0 spiro atoms. The topological polar surface area (TPSA) is 80.1 Å². The molecule has 0 saturated carbocycles. The molecule has 190 valence electrons. The molecular formula is C27H37FN4O3. The van der Waals surface area contributed by atoms with E-state index in [1.54, 1.807) is 13.2 Å². The van der Waals surface area contributed by atoms with Gasteiger partial charge >= 0.3 is 6.09 Å². The minimum Gasteiger partial charge on any atom is -0.495 e. The van der Waals surface area contributed by atoms with Crippen molar-refractivity contribution in [2.24, 2.45) is 5.92 Å². The molecule has 2 fully saturated rings. The van der Waals surface area contributed by atoms with E-state index in [0.29, 0.717) is 29.6 Å². The smallest absolute Gasteiger partial charge is 0.407 e. The van der Waals surface area contributed by atoms with Crippen molar-refractivity contribution in [2.45, 2.75) is 44.8 Å². The van der Waals surface area contributed by atoms with Gasteiger partial charge in [0.1, 0.15) is 18.2 Å². The fraction of sp³-hybridized carbons (Fsp3) is 0.519. The average Bonchev–Trinajstić information content (AvgIpc) is 2.88. The summed E-state index contributed by atoms with van der Waals surface area (Å²) in [5, 5.41) is 3.01. The largest absolute Gasteiger partial charge is 0.495 e. The van der Waals surface area contributed by atoms with Crippen LogP contribution in [0.3, 0.4) is 0 Å². The third-order valence-electron chi connectivity index (χ3n) is 7.23. The molecule has 2 aliphatic rings. The van der Waals surface area contributed by atoms with Gasteiger partial charge in [-0.25, -0.2) is 9.18 Å². The Morgan fingerprint density at radius 2 is 1.80 bits per heavy atom.